The Hall–Kier alpha value is -0.800. The molecule has 1 aliphatic rings. The van der Waals surface area contributed by atoms with Crippen LogP contribution in [0.1, 0.15) is 24.8 Å². The maximum absolute atomic E-state index is 6.11. The Morgan fingerprint density at radius 1 is 1.38 bits per heavy atom. The van der Waals surface area contributed by atoms with Crippen LogP contribution >= 0.6 is 11.6 Å². The van der Waals surface area contributed by atoms with Gasteiger partial charge in [-0.3, -0.25) is 4.90 Å². The Bertz CT molecular complexity index is 351. The van der Waals surface area contributed by atoms with Crippen molar-refractivity contribution in [2.75, 3.05) is 20.2 Å². The molecule has 2 heterocycles. The lowest BCUT2D eigenvalue weighted by atomic mass is 10.1. The molecule has 1 aliphatic heterocycles. The zero-order chi connectivity index (χ0) is 11.4. The molecule has 0 amide bonds. The first-order chi connectivity index (χ1) is 7.81. The van der Waals surface area contributed by atoms with Gasteiger partial charge in [-0.25, -0.2) is 4.98 Å². The van der Waals surface area contributed by atoms with Gasteiger partial charge in [-0.05, 0) is 32.0 Å². The predicted octanol–water partition coefficient (Wildman–Crippen LogP) is 2.73. The second kappa shape index (κ2) is 5.51. The van der Waals surface area contributed by atoms with Crippen LogP contribution in [0.25, 0.3) is 0 Å². The molecule has 0 bridgehead atoms. The third-order valence-corrected chi connectivity index (χ3v) is 3.34. The number of aromatic nitrogens is 1. The second-order valence-corrected chi connectivity index (χ2v) is 4.48. The van der Waals surface area contributed by atoms with Gasteiger partial charge in [-0.15, -0.1) is 0 Å². The number of hydrogen-bond donors (Lipinski definition) is 0. The van der Waals surface area contributed by atoms with E-state index >= 15 is 0 Å². The molecule has 1 aromatic heterocycles. The summed E-state index contributed by atoms with van der Waals surface area (Å²) in [5.74, 6) is 0.838. The van der Waals surface area contributed by atoms with Crippen molar-refractivity contribution in [3.05, 3.63) is 23.0 Å². The smallest absolute Gasteiger partial charge is 0.137 e. The van der Waals surface area contributed by atoms with Crippen molar-refractivity contribution in [2.45, 2.75) is 25.8 Å². The average molecular weight is 241 g/mol. The molecular weight excluding hydrogens is 224 g/mol. The lowest BCUT2D eigenvalue weighted by Crippen LogP contribution is -2.29. The summed E-state index contributed by atoms with van der Waals surface area (Å²) in [5, 5.41) is 0.560. The molecule has 16 heavy (non-hydrogen) atoms. The molecule has 1 aromatic rings. The number of nitrogens with zero attached hydrogens (tertiary/aromatic N) is 2. The Kier molecular flexibility index (Phi) is 4.02. The number of hydrogen-bond acceptors (Lipinski definition) is 3. The quantitative estimate of drug-likeness (QED) is 0.760. The zero-order valence-corrected chi connectivity index (χ0v) is 10.3. The number of halogens is 1. The highest BCUT2D eigenvalue weighted by Gasteiger charge is 2.15. The normalized spacial score (nSPS) is 17.4. The van der Waals surface area contributed by atoms with E-state index in [9.17, 15) is 0 Å². The molecule has 1 fully saturated rings. The monoisotopic (exact) mass is 240 g/mol. The van der Waals surface area contributed by atoms with Crippen LogP contribution in [0.3, 0.4) is 0 Å². The van der Waals surface area contributed by atoms with E-state index in [1.54, 1.807) is 13.3 Å². The van der Waals surface area contributed by atoms with E-state index in [-0.39, 0.29) is 0 Å². The zero-order valence-electron chi connectivity index (χ0n) is 9.58. The molecule has 88 valence electrons. The van der Waals surface area contributed by atoms with Crippen LogP contribution < -0.4 is 4.74 Å². The van der Waals surface area contributed by atoms with Crippen LogP contribution in [0.2, 0.25) is 5.15 Å². The van der Waals surface area contributed by atoms with E-state index in [4.69, 9.17) is 16.3 Å². The maximum atomic E-state index is 6.11. The second-order valence-electron chi connectivity index (χ2n) is 4.12. The molecule has 0 aromatic carbocycles. The molecule has 2 rings (SSSR count). The van der Waals surface area contributed by atoms with Crippen molar-refractivity contribution in [1.82, 2.24) is 9.88 Å². The number of pyridine rings is 1. The van der Waals surface area contributed by atoms with E-state index in [1.165, 1.54) is 19.3 Å². The minimum Gasteiger partial charge on any atom is -0.496 e. The van der Waals surface area contributed by atoms with Gasteiger partial charge in [0.05, 0.1) is 7.11 Å². The molecule has 0 aliphatic carbocycles. The van der Waals surface area contributed by atoms with Crippen LogP contribution in [-0.4, -0.2) is 30.1 Å². The summed E-state index contributed by atoms with van der Waals surface area (Å²) in [6.07, 6.45) is 5.58. The number of rotatable bonds is 3. The first-order valence-corrected chi connectivity index (χ1v) is 6.09. The summed E-state index contributed by atoms with van der Waals surface area (Å²) in [6.45, 7) is 3.14. The highest BCUT2D eigenvalue weighted by atomic mass is 35.5. The number of ether oxygens (including phenoxy) is 1. The average Bonchev–Trinajstić information content (AvgIpc) is 2.33. The topological polar surface area (TPSA) is 25.4 Å². The largest absolute Gasteiger partial charge is 0.496 e. The van der Waals surface area contributed by atoms with Crippen molar-refractivity contribution >= 4 is 11.6 Å². The van der Waals surface area contributed by atoms with Gasteiger partial charge in [-0.2, -0.15) is 0 Å². The van der Waals surface area contributed by atoms with Crippen molar-refractivity contribution < 1.29 is 4.74 Å². The molecule has 0 unspecified atom stereocenters. The van der Waals surface area contributed by atoms with Gasteiger partial charge in [-0.1, -0.05) is 18.0 Å². The summed E-state index contributed by atoms with van der Waals surface area (Å²) in [7, 11) is 1.67. The molecule has 3 nitrogen and oxygen atoms in total. The first kappa shape index (κ1) is 11.7. The molecular formula is C12H17ClN2O. The fraction of sp³-hybridized carbons (Fsp3) is 0.583. The Morgan fingerprint density at radius 2 is 2.12 bits per heavy atom. The molecule has 0 radical (unpaired) electrons. The SMILES string of the molecule is COc1ccnc(Cl)c1CN1CCCCC1. The van der Waals surface area contributed by atoms with E-state index in [1.807, 2.05) is 6.07 Å². The molecule has 4 heteroatoms. The van der Waals surface area contributed by atoms with Gasteiger partial charge in [0.15, 0.2) is 0 Å². The van der Waals surface area contributed by atoms with Crippen LogP contribution in [0, 0.1) is 0 Å². The van der Waals surface area contributed by atoms with Gasteiger partial charge >= 0.3 is 0 Å². The van der Waals surface area contributed by atoms with Crippen LogP contribution in [0.4, 0.5) is 0 Å². The fourth-order valence-electron chi connectivity index (χ4n) is 2.13. The molecule has 0 atom stereocenters. The maximum Gasteiger partial charge on any atom is 0.137 e. The predicted molar refractivity (Wildman–Crippen MR) is 64.9 cm³/mol. The number of likely N-dealkylation sites (tertiary alicyclic amines) is 1. The summed E-state index contributed by atoms with van der Waals surface area (Å²) < 4.78 is 5.32. The third-order valence-electron chi connectivity index (χ3n) is 3.01. The van der Waals surface area contributed by atoms with Gasteiger partial charge in [0.25, 0.3) is 0 Å². The fourth-order valence-corrected chi connectivity index (χ4v) is 2.34. The standard InChI is InChI=1S/C12H17ClN2O/c1-16-11-5-6-14-12(13)10(11)9-15-7-3-2-4-8-15/h5-6H,2-4,7-9H2,1H3. The lowest BCUT2D eigenvalue weighted by Gasteiger charge is -2.27. The van der Waals surface area contributed by atoms with Crippen molar-refractivity contribution in [2.24, 2.45) is 0 Å². The summed E-state index contributed by atoms with van der Waals surface area (Å²) in [6, 6.07) is 1.87. The summed E-state index contributed by atoms with van der Waals surface area (Å²) in [5.41, 5.74) is 1.01. The Morgan fingerprint density at radius 3 is 2.81 bits per heavy atom. The van der Waals surface area contributed by atoms with Gasteiger partial charge in [0.1, 0.15) is 10.9 Å². The molecule has 0 N–H and O–H groups in total. The first-order valence-electron chi connectivity index (χ1n) is 5.71. The highest BCUT2D eigenvalue weighted by Crippen LogP contribution is 2.26. The van der Waals surface area contributed by atoms with Crippen molar-refractivity contribution in [3.63, 3.8) is 0 Å². The minimum absolute atomic E-state index is 0.560. The Balaban J connectivity index is 2.12. The van der Waals surface area contributed by atoms with Gasteiger partial charge in [0, 0.05) is 18.3 Å². The van der Waals surface area contributed by atoms with Crippen LogP contribution in [0.15, 0.2) is 12.3 Å². The summed E-state index contributed by atoms with van der Waals surface area (Å²) >= 11 is 6.11. The third kappa shape index (κ3) is 2.66. The van der Waals surface area contributed by atoms with Crippen molar-refractivity contribution in [3.8, 4) is 5.75 Å². The minimum atomic E-state index is 0.560. The van der Waals surface area contributed by atoms with E-state index in [0.29, 0.717) is 5.15 Å². The van der Waals surface area contributed by atoms with Gasteiger partial charge < -0.3 is 4.74 Å². The van der Waals surface area contributed by atoms with Crippen molar-refractivity contribution in [1.29, 1.82) is 0 Å². The van der Waals surface area contributed by atoms with E-state index in [0.717, 1.165) is 30.9 Å². The molecule has 0 spiro atoms. The Labute approximate surface area is 101 Å². The van der Waals surface area contributed by atoms with E-state index in [2.05, 4.69) is 9.88 Å². The van der Waals surface area contributed by atoms with E-state index < -0.39 is 0 Å². The highest BCUT2D eigenvalue weighted by molar-refractivity contribution is 6.30. The van der Waals surface area contributed by atoms with Gasteiger partial charge in [0.2, 0.25) is 0 Å². The summed E-state index contributed by atoms with van der Waals surface area (Å²) in [4.78, 5) is 6.52. The van der Waals surface area contributed by atoms with Crippen LogP contribution in [-0.2, 0) is 6.54 Å². The molecule has 1 saturated heterocycles. The number of methoxy groups -OCH3 is 1. The molecule has 0 saturated carbocycles. The number of piperidine rings is 1. The van der Waals surface area contributed by atoms with Crippen LogP contribution in [0.5, 0.6) is 5.75 Å². The lowest BCUT2D eigenvalue weighted by molar-refractivity contribution is 0.218.